The maximum Gasteiger partial charge on any atom is 0.257 e. The third-order valence-electron chi connectivity index (χ3n) is 2.74. The minimum absolute atomic E-state index is 0.169. The Hall–Kier alpha value is -1.49. The van der Waals surface area contributed by atoms with E-state index in [2.05, 4.69) is 10.6 Å². The monoisotopic (exact) mass is 346 g/mol. The van der Waals surface area contributed by atoms with Crippen molar-refractivity contribution in [2.45, 2.75) is 0 Å². The molecule has 0 radical (unpaired) electrons. The van der Waals surface area contributed by atoms with Gasteiger partial charge in [0.2, 0.25) is 0 Å². The van der Waals surface area contributed by atoms with Crippen LogP contribution in [0.2, 0.25) is 15.1 Å². The van der Waals surface area contributed by atoms with Crippen LogP contribution in [0.3, 0.4) is 0 Å². The van der Waals surface area contributed by atoms with E-state index in [1.807, 2.05) is 0 Å². The summed E-state index contributed by atoms with van der Waals surface area (Å²) in [6.45, 7) is 0. The molecule has 0 bridgehead atoms. The molecule has 1 amide bonds. The van der Waals surface area contributed by atoms with Crippen molar-refractivity contribution in [3.8, 4) is 0 Å². The van der Waals surface area contributed by atoms with Gasteiger partial charge < -0.3 is 10.6 Å². The summed E-state index contributed by atoms with van der Waals surface area (Å²) in [7, 11) is 1.69. The van der Waals surface area contributed by atoms with Gasteiger partial charge in [-0.15, -0.1) is 0 Å². The van der Waals surface area contributed by atoms with Crippen LogP contribution in [0.4, 0.5) is 15.8 Å². The van der Waals surface area contributed by atoms with Crippen molar-refractivity contribution in [3.05, 3.63) is 56.8 Å². The first-order valence-corrected chi connectivity index (χ1v) is 6.99. The van der Waals surface area contributed by atoms with Crippen LogP contribution < -0.4 is 10.6 Å². The molecule has 0 atom stereocenters. The maximum absolute atomic E-state index is 13.3. The van der Waals surface area contributed by atoms with Crippen LogP contribution in [-0.4, -0.2) is 13.0 Å². The first-order valence-electron chi connectivity index (χ1n) is 5.85. The van der Waals surface area contributed by atoms with Crippen LogP contribution in [0.25, 0.3) is 0 Å². The van der Waals surface area contributed by atoms with E-state index in [1.165, 1.54) is 18.2 Å². The molecule has 2 rings (SSSR count). The van der Waals surface area contributed by atoms with Gasteiger partial charge >= 0.3 is 0 Å². The van der Waals surface area contributed by atoms with Crippen molar-refractivity contribution in [3.63, 3.8) is 0 Å². The molecule has 21 heavy (non-hydrogen) atoms. The van der Waals surface area contributed by atoms with E-state index >= 15 is 0 Å². The SMILES string of the molecule is CNc1ccc(Cl)cc1C(=O)Nc1cc(Cl)c(F)c(Cl)c1. The molecule has 0 aliphatic rings. The summed E-state index contributed by atoms with van der Waals surface area (Å²) in [5.41, 5.74) is 1.25. The second-order valence-electron chi connectivity index (χ2n) is 4.15. The van der Waals surface area contributed by atoms with E-state index in [9.17, 15) is 9.18 Å². The number of amides is 1. The average molecular weight is 348 g/mol. The minimum Gasteiger partial charge on any atom is -0.387 e. The molecule has 0 aliphatic carbocycles. The van der Waals surface area contributed by atoms with Gasteiger partial charge in [-0.1, -0.05) is 34.8 Å². The molecule has 2 N–H and O–H groups in total. The van der Waals surface area contributed by atoms with Crippen LogP contribution in [0.1, 0.15) is 10.4 Å². The van der Waals surface area contributed by atoms with Crippen molar-refractivity contribution >= 4 is 52.1 Å². The molecule has 0 heterocycles. The first kappa shape index (κ1) is 15.9. The lowest BCUT2D eigenvalue weighted by Crippen LogP contribution is -2.14. The normalized spacial score (nSPS) is 10.3. The van der Waals surface area contributed by atoms with Crippen molar-refractivity contribution in [1.29, 1.82) is 0 Å². The van der Waals surface area contributed by atoms with E-state index in [-0.39, 0.29) is 10.0 Å². The zero-order valence-electron chi connectivity index (χ0n) is 10.8. The fourth-order valence-corrected chi connectivity index (χ4v) is 2.41. The Morgan fingerprint density at radius 2 is 1.71 bits per heavy atom. The molecule has 0 aromatic heterocycles. The van der Waals surface area contributed by atoms with Crippen molar-refractivity contribution in [2.75, 3.05) is 17.7 Å². The fraction of sp³-hybridized carbons (Fsp3) is 0.0714. The van der Waals surface area contributed by atoms with Gasteiger partial charge in [-0.2, -0.15) is 0 Å². The summed E-state index contributed by atoms with van der Waals surface area (Å²) in [5.74, 6) is -1.14. The highest BCUT2D eigenvalue weighted by Crippen LogP contribution is 2.28. The zero-order valence-corrected chi connectivity index (χ0v) is 13.1. The third-order valence-corrected chi connectivity index (χ3v) is 3.52. The molecule has 2 aromatic carbocycles. The quantitative estimate of drug-likeness (QED) is 0.760. The van der Waals surface area contributed by atoms with Crippen LogP contribution in [0, 0.1) is 5.82 Å². The van der Waals surface area contributed by atoms with Crippen molar-refractivity contribution in [2.24, 2.45) is 0 Å². The van der Waals surface area contributed by atoms with E-state index < -0.39 is 11.7 Å². The second-order valence-corrected chi connectivity index (χ2v) is 5.40. The Morgan fingerprint density at radius 3 is 2.29 bits per heavy atom. The standard InChI is InChI=1S/C14H10Cl3FN2O/c1-19-12-3-2-7(15)4-9(12)14(21)20-8-5-10(16)13(18)11(17)6-8/h2-6,19H,1H3,(H,20,21). The van der Waals surface area contributed by atoms with E-state index in [0.717, 1.165) is 0 Å². The molecule has 0 saturated heterocycles. The Balaban J connectivity index is 2.32. The van der Waals surface area contributed by atoms with Gasteiger partial charge in [0.15, 0.2) is 5.82 Å². The summed E-state index contributed by atoms with van der Waals surface area (Å²) < 4.78 is 13.3. The smallest absolute Gasteiger partial charge is 0.257 e. The predicted molar refractivity (Wildman–Crippen MR) is 85.4 cm³/mol. The van der Waals surface area contributed by atoms with Crippen LogP contribution >= 0.6 is 34.8 Å². The van der Waals surface area contributed by atoms with Crippen LogP contribution in [0.15, 0.2) is 30.3 Å². The highest BCUT2D eigenvalue weighted by atomic mass is 35.5. The third kappa shape index (κ3) is 3.59. The minimum atomic E-state index is -0.727. The summed E-state index contributed by atoms with van der Waals surface area (Å²) in [6, 6.07) is 7.43. The molecule has 0 unspecified atom stereocenters. The molecule has 3 nitrogen and oxygen atoms in total. The van der Waals surface area contributed by atoms with Gasteiger partial charge in [-0.25, -0.2) is 4.39 Å². The number of hydrogen-bond acceptors (Lipinski definition) is 2. The zero-order chi connectivity index (χ0) is 15.6. The number of carbonyl (C=O) groups is 1. The summed E-state index contributed by atoms with van der Waals surface area (Å²) >= 11 is 17.3. The summed E-state index contributed by atoms with van der Waals surface area (Å²) in [5, 5.41) is 5.57. The van der Waals surface area contributed by atoms with Gasteiger partial charge in [0, 0.05) is 23.4 Å². The highest BCUT2D eigenvalue weighted by molar-refractivity contribution is 6.35. The van der Waals surface area contributed by atoms with Gasteiger partial charge in [-0.3, -0.25) is 4.79 Å². The predicted octanol–water partition coefficient (Wildman–Crippen LogP) is 5.08. The second kappa shape index (κ2) is 6.52. The van der Waals surface area contributed by atoms with Crippen LogP contribution in [-0.2, 0) is 0 Å². The Bertz CT molecular complexity index is 684. The largest absolute Gasteiger partial charge is 0.387 e. The van der Waals surface area contributed by atoms with Crippen molar-refractivity contribution < 1.29 is 9.18 Å². The number of anilines is 2. The molecule has 0 spiro atoms. The molecule has 0 saturated carbocycles. The van der Waals surface area contributed by atoms with Gasteiger partial charge in [-0.05, 0) is 30.3 Å². The topological polar surface area (TPSA) is 41.1 Å². The molecule has 0 fully saturated rings. The number of hydrogen-bond donors (Lipinski definition) is 2. The number of halogens is 4. The van der Waals surface area contributed by atoms with E-state index in [0.29, 0.717) is 22.0 Å². The molecular formula is C14H10Cl3FN2O. The number of benzene rings is 2. The molecule has 110 valence electrons. The summed E-state index contributed by atoms with van der Waals surface area (Å²) in [6.07, 6.45) is 0. The molecule has 0 aliphatic heterocycles. The lowest BCUT2D eigenvalue weighted by atomic mass is 10.1. The Kier molecular flexibility index (Phi) is 4.93. The molecule has 2 aromatic rings. The lowest BCUT2D eigenvalue weighted by Gasteiger charge is -2.11. The van der Waals surface area contributed by atoms with Gasteiger partial charge in [0.05, 0.1) is 15.6 Å². The van der Waals surface area contributed by atoms with Gasteiger partial charge in [0.1, 0.15) is 0 Å². The summed E-state index contributed by atoms with van der Waals surface area (Å²) in [4.78, 5) is 12.3. The van der Waals surface area contributed by atoms with E-state index in [1.54, 1.807) is 19.2 Å². The number of nitrogens with one attached hydrogen (secondary N) is 2. The van der Waals surface area contributed by atoms with Crippen molar-refractivity contribution in [1.82, 2.24) is 0 Å². The van der Waals surface area contributed by atoms with E-state index in [4.69, 9.17) is 34.8 Å². The first-order chi connectivity index (χ1) is 9.92. The Labute approximate surface area is 136 Å². The average Bonchev–Trinajstić information content (AvgIpc) is 2.44. The number of rotatable bonds is 3. The lowest BCUT2D eigenvalue weighted by molar-refractivity contribution is 0.102. The highest BCUT2D eigenvalue weighted by Gasteiger charge is 2.14. The molecular weight excluding hydrogens is 338 g/mol. The maximum atomic E-state index is 13.3. The fourth-order valence-electron chi connectivity index (χ4n) is 1.75. The van der Waals surface area contributed by atoms with Crippen LogP contribution in [0.5, 0.6) is 0 Å². The molecule has 7 heteroatoms. The number of carbonyl (C=O) groups excluding carboxylic acids is 1. The Morgan fingerprint density at radius 1 is 1.10 bits per heavy atom. The van der Waals surface area contributed by atoms with Gasteiger partial charge in [0.25, 0.3) is 5.91 Å².